The summed E-state index contributed by atoms with van der Waals surface area (Å²) < 4.78 is 1.87. The van der Waals surface area contributed by atoms with Crippen molar-refractivity contribution in [3.63, 3.8) is 0 Å². The van der Waals surface area contributed by atoms with E-state index in [-0.39, 0.29) is 5.78 Å². The summed E-state index contributed by atoms with van der Waals surface area (Å²) in [6.07, 6.45) is 4.40. The largest absolute Gasteiger partial charge is 0.292 e. The maximum atomic E-state index is 11.3. The van der Waals surface area contributed by atoms with E-state index < -0.39 is 0 Å². The van der Waals surface area contributed by atoms with Gasteiger partial charge in [0.1, 0.15) is 5.69 Å². The van der Waals surface area contributed by atoms with Gasteiger partial charge in [-0.1, -0.05) is 6.92 Å². The molecule has 12 heavy (non-hydrogen) atoms. The van der Waals surface area contributed by atoms with Crippen molar-refractivity contribution in [2.75, 3.05) is 0 Å². The number of aromatic nitrogens is 2. The van der Waals surface area contributed by atoms with Gasteiger partial charge in [-0.15, -0.1) is 0 Å². The Morgan fingerprint density at radius 2 is 2.58 bits per heavy atom. The predicted octanol–water partition coefficient (Wildman–Crippen LogP) is 1.81. The minimum atomic E-state index is 0.234. The van der Waals surface area contributed by atoms with Gasteiger partial charge in [-0.25, -0.2) is 0 Å². The van der Waals surface area contributed by atoms with Crippen LogP contribution in [0.5, 0.6) is 0 Å². The quantitative estimate of drug-likeness (QED) is 0.634. The Hall–Kier alpha value is -1.12. The molecule has 1 aromatic rings. The van der Waals surface area contributed by atoms with Crippen molar-refractivity contribution in [2.24, 2.45) is 0 Å². The van der Waals surface area contributed by atoms with Crippen LogP contribution in [0.2, 0.25) is 0 Å². The van der Waals surface area contributed by atoms with Crippen molar-refractivity contribution >= 4 is 5.78 Å². The van der Waals surface area contributed by atoms with Crippen LogP contribution in [0.1, 0.15) is 42.7 Å². The van der Waals surface area contributed by atoms with Crippen molar-refractivity contribution in [3.05, 3.63) is 18.0 Å². The number of hydrogen-bond donors (Lipinski definition) is 0. The standard InChI is InChI=1S/C9H12N2O/c1-2-7-3-4-9(12)8-5-6-10-11(7)8/h5-7H,2-4H2,1H3. The Bertz CT molecular complexity index is 303. The lowest BCUT2D eigenvalue weighted by atomic mass is 10.0. The van der Waals surface area contributed by atoms with Crippen LogP contribution in [0.3, 0.4) is 0 Å². The summed E-state index contributed by atoms with van der Waals surface area (Å²) in [6, 6.07) is 2.25. The Labute approximate surface area is 71.4 Å². The average molecular weight is 164 g/mol. The molecule has 0 bridgehead atoms. The van der Waals surface area contributed by atoms with Crippen LogP contribution in [0.15, 0.2) is 12.3 Å². The van der Waals surface area contributed by atoms with Crippen molar-refractivity contribution in [3.8, 4) is 0 Å². The highest BCUT2D eigenvalue weighted by molar-refractivity contribution is 5.95. The predicted molar refractivity (Wildman–Crippen MR) is 45.1 cm³/mol. The third-order valence-electron chi connectivity index (χ3n) is 2.48. The second kappa shape index (κ2) is 2.73. The smallest absolute Gasteiger partial charge is 0.180 e. The zero-order valence-corrected chi connectivity index (χ0v) is 7.16. The molecule has 3 heteroatoms. The Balaban J connectivity index is 2.42. The zero-order valence-electron chi connectivity index (χ0n) is 7.16. The lowest BCUT2D eigenvalue weighted by molar-refractivity contribution is 0.0935. The van der Waals surface area contributed by atoms with Gasteiger partial charge in [0.2, 0.25) is 0 Å². The number of carbonyl (C=O) groups is 1. The molecule has 0 spiro atoms. The van der Waals surface area contributed by atoms with E-state index in [9.17, 15) is 4.79 Å². The SMILES string of the molecule is CCC1CCC(=O)c2ccnn21. The maximum Gasteiger partial charge on any atom is 0.180 e. The molecule has 2 rings (SSSR count). The molecule has 0 amide bonds. The van der Waals surface area contributed by atoms with Gasteiger partial charge in [-0.05, 0) is 18.9 Å². The molecule has 0 saturated carbocycles. The van der Waals surface area contributed by atoms with Crippen LogP contribution in [-0.2, 0) is 0 Å². The van der Waals surface area contributed by atoms with Crippen molar-refractivity contribution in [1.29, 1.82) is 0 Å². The first-order valence-electron chi connectivity index (χ1n) is 4.39. The fourth-order valence-electron chi connectivity index (χ4n) is 1.75. The van der Waals surface area contributed by atoms with Crippen LogP contribution < -0.4 is 0 Å². The number of Topliss-reactive ketones (excluding diaryl/α,β-unsaturated/α-hetero) is 1. The summed E-state index contributed by atoms with van der Waals surface area (Å²) in [6.45, 7) is 2.13. The molecule has 3 nitrogen and oxygen atoms in total. The number of ketones is 1. The molecule has 0 saturated heterocycles. The molecule has 0 N–H and O–H groups in total. The molecule has 2 heterocycles. The van der Waals surface area contributed by atoms with Crippen molar-refractivity contribution < 1.29 is 4.79 Å². The molecular formula is C9H12N2O. The molecule has 0 radical (unpaired) electrons. The van der Waals surface area contributed by atoms with E-state index in [4.69, 9.17) is 0 Å². The summed E-state index contributed by atoms with van der Waals surface area (Å²) in [7, 11) is 0. The third-order valence-corrected chi connectivity index (χ3v) is 2.48. The highest BCUT2D eigenvalue weighted by Crippen LogP contribution is 2.25. The number of carbonyl (C=O) groups excluding carboxylic acids is 1. The van der Waals surface area contributed by atoms with Crippen LogP contribution in [0.4, 0.5) is 0 Å². The molecule has 1 atom stereocenters. The van der Waals surface area contributed by atoms with Crippen LogP contribution in [-0.4, -0.2) is 15.6 Å². The highest BCUT2D eigenvalue weighted by atomic mass is 16.1. The van der Waals surface area contributed by atoms with Gasteiger partial charge >= 0.3 is 0 Å². The number of nitrogens with zero attached hydrogens (tertiary/aromatic N) is 2. The van der Waals surface area contributed by atoms with E-state index in [2.05, 4.69) is 12.0 Å². The summed E-state index contributed by atoms with van der Waals surface area (Å²) >= 11 is 0. The first kappa shape index (κ1) is 7.53. The number of rotatable bonds is 1. The van der Waals surface area contributed by atoms with Gasteiger partial charge in [0.25, 0.3) is 0 Å². The summed E-state index contributed by atoms with van der Waals surface area (Å²) in [5, 5.41) is 4.16. The average Bonchev–Trinajstić information content (AvgIpc) is 2.54. The molecule has 1 aromatic heterocycles. The number of hydrogen-bond acceptors (Lipinski definition) is 2. The number of fused-ring (bicyclic) bond motifs is 1. The monoisotopic (exact) mass is 164 g/mol. The molecule has 1 aliphatic heterocycles. The van der Waals surface area contributed by atoms with E-state index in [1.165, 1.54) is 0 Å². The van der Waals surface area contributed by atoms with Gasteiger partial charge in [-0.3, -0.25) is 9.48 Å². The molecule has 1 unspecified atom stereocenters. The topological polar surface area (TPSA) is 34.9 Å². The first-order valence-corrected chi connectivity index (χ1v) is 4.39. The Morgan fingerprint density at radius 3 is 3.33 bits per heavy atom. The van der Waals surface area contributed by atoms with E-state index in [0.717, 1.165) is 18.5 Å². The lowest BCUT2D eigenvalue weighted by Gasteiger charge is -2.22. The second-order valence-electron chi connectivity index (χ2n) is 3.18. The van der Waals surface area contributed by atoms with Gasteiger partial charge in [0.15, 0.2) is 5.78 Å². The van der Waals surface area contributed by atoms with Gasteiger partial charge in [0, 0.05) is 12.6 Å². The Kier molecular flexibility index (Phi) is 1.71. The van der Waals surface area contributed by atoms with Crippen LogP contribution in [0.25, 0.3) is 0 Å². The summed E-state index contributed by atoms with van der Waals surface area (Å²) in [4.78, 5) is 11.3. The molecule has 64 valence electrons. The van der Waals surface area contributed by atoms with Crippen molar-refractivity contribution in [1.82, 2.24) is 9.78 Å². The summed E-state index contributed by atoms with van der Waals surface area (Å²) in [5.41, 5.74) is 0.785. The molecule has 0 aromatic carbocycles. The second-order valence-corrected chi connectivity index (χ2v) is 3.18. The van der Waals surface area contributed by atoms with E-state index in [0.29, 0.717) is 12.5 Å². The maximum absolute atomic E-state index is 11.3. The van der Waals surface area contributed by atoms with Gasteiger partial charge in [0.05, 0.1) is 6.04 Å². The van der Waals surface area contributed by atoms with Gasteiger partial charge < -0.3 is 0 Å². The Morgan fingerprint density at radius 1 is 1.75 bits per heavy atom. The highest BCUT2D eigenvalue weighted by Gasteiger charge is 2.23. The zero-order chi connectivity index (χ0) is 8.55. The first-order chi connectivity index (χ1) is 5.83. The lowest BCUT2D eigenvalue weighted by Crippen LogP contribution is -2.22. The molecule has 0 aliphatic carbocycles. The van der Waals surface area contributed by atoms with E-state index in [1.807, 2.05) is 10.7 Å². The van der Waals surface area contributed by atoms with Crippen LogP contribution in [0, 0.1) is 0 Å². The van der Waals surface area contributed by atoms with Crippen molar-refractivity contribution in [2.45, 2.75) is 32.2 Å². The van der Waals surface area contributed by atoms with Gasteiger partial charge in [-0.2, -0.15) is 5.10 Å². The van der Waals surface area contributed by atoms with E-state index in [1.54, 1.807) is 6.20 Å². The molecular weight excluding hydrogens is 152 g/mol. The van der Waals surface area contributed by atoms with E-state index >= 15 is 0 Å². The minimum absolute atomic E-state index is 0.234. The normalized spacial score (nSPS) is 22.4. The fraction of sp³-hybridized carbons (Fsp3) is 0.556. The van der Waals surface area contributed by atoms with Crippen LogP contribution >= 0.6 is 0 Å². The molecule has 0 fully saturated rings. The fourth-order valence-corrected chi connectivity index (χ4v) is 1.75. The summed E-state index contributed by atoms with van der Waals surface area (Å²) in [5.74, 6) is 0.234. The molecule has 1 aliphatic rings. The minimum Gasteiger partial charge on any atom is -0.292 e. The third kappa shape index (κ3) is 0.967.